The number of aromatic hydroxyl groups is 1. The number of hydrogen-bond acceptors (Lipinski definition) is 5. The molecular formula is C20H20N2O4. The summed E-state index contributed by atoms with van der Waals surface area (Å²) >= 11 is 0. The number of H-pyrrole nitrogens is 1. The van der Waals surface area contributed by atoms with Crippen molar-refractivity contribution in [1.82, 2.24) is 10.3 Å². The molecule has 0 saturated carbocycles. The van der Waals surface area contributed by atoms with Crippen LogP contribution in [0.25, 0.3) is 10.9 Å². The number of aromatic nitrogens is 1. The Morgan fingerprint density at radius 3 is 2.77 bits per heavy atom. The van der Waals surface area contributed by atoms with Crippen molar-refractivity contribution in [3.05, 3.63) is 59.3 Å². The van der Waals surface area contributed by atoms with Crippen molar-refractivity contribution in [2.45, 2.75) is 18.5 Å². The van der Waals surface area contributed by atoms with Crippen LogP contribution in [0, 0.1) is 0 Å². The molecule has 0 unspecified atom stereocenters. The molecule has 3 aromatic rings. The number of phenols is 1. The lowest BCUT2D eigenvalue weighted by molar-refractivity contribution is -0.143. The Labute approximate surface area is 150 Å². The third kappa shape index (κ3) is 2.59. The molecule has 0 bridgehead atoms. The van der Waals surface area contributed by atoms with Crippen LogP contribution < -0.4 is 10.1 Å². The second-order valence-corrected chi connectivity index (χ2v) is 6.37. The normalized spacial score (nSPS) is 19.2. The van der Waals surface area contributed by atoms with E-state index in [1.807, 2.05) is 24.3 Å². The number of nitrogens with one attached hydrogen (secondary N) is 2. The monoisotopic (exact) mass is 352 g/mol. The highest BCUT2D eigenvalue weighted by molar-refractivity contribution is 5.87. The van der Waals surface area contributed by atoms with E-state index >= 15 is 0 Å². The van der Waals surface area contributed by atoms with Gasteiger partial charge in [0.15, 0.2) is 11.5 Å². The lowest BCUT2D eigenvalue weighted by atomic mass is 9.90. The predicted molar refractivity (Wildman–Crippen MR) is 97.4 cm³/mol. The van der Waals surface area contributed by atoms with Crippen LogP contribution in [0.5, 0.6) is 11.5 Å². The van der Waals surface area contributed by atoms with Gasteiger partial charge in [-0.2, -0.15) is 0 Å². The van der Waals surface area contributed by atoms with E-state index in [0.29, 0.717) is 12.2 Å². The maximum Gasteiger partial charge on any atom is 0.323 e. The Balaban J connectivity index is 1.87. The van der Waals surface area contributed by atoms with E-state index in [0.717, 1.165) is 27.7 Å². The van der Waals surface area contributed by atoms with Crippen LogP contribution in [-0.4, -0.2) is 36.3 Å². The van der Waals surface area contributed by atoms with Gasteiger partial charge in [0.1, 0.15) is 6.04 Å². The molecule has 2 atom stereocenters. The van der Waals surface area contributed by atoms with Gasteiger partial charge in [-0.25, -0.2) is 0 Å². The van der Waals surface area contributed by atoms with Crippen LogP contribution in [0.4, 0.5) is 0 Å². The first kappa shape index (κ1) is 16.5. The summed E-state index contributed by atoms with van der Waals surface area (Å²) in [6, 6.07) is 12.6. The Morgan fingerprint density at radius 1 is 1.19 bits per heavy atom. The van der Waals surface area contributed by atoms with Gasteiger partial charge in [0.05, 0.1) is 20.3 Å². The molecule has 134 valence electrons. The van der Waals surface area contributed by atoms with Gasteiger partial charge >= 0.3 is 5.97 Å². The Bertz CT molecular complexity index is 979. The van der Waals surface area contributed by atoms with E-state index in [2.05, 4.69) is 16.4 Å². The summed E-state index contributed by atoms with van der Waals surface area (Å²) < 4.78 is 10.2. The Kier molecular flexibility index (Phi) is 4.05. The second-order valence-electron chi connectivity index (χ2n) is 6.37. The first-order valence-corrected chi connectivity index (χ1v) is 8.42. The fourth-order valence-corrected chi connectivity index (χ4v) is 3.67. The molecule has 2 heterocycles. The van der Waals surface area contributed by atoms with E-state index in [-0.39, 0.29) is 17.8 Å². The van der Waals surface area contributed by atoms with E-state index in [4.69, 9.17) is 9.47 Å². The SMILES string of the molecule is COC(=O)[C@@H]1Cc2c([nH]c3ccccc23)[C@H](c2ccc(O)c(OC)c2)N1. The molecule has 6 heteroatoms. The summed E-state index contributed by atoms with van der Waals surface area (Å²) in [6.45, 7) is 0. The van der Waals surface area contributed by atoms with Crippen molar-refractivity contribution in [3.8, 4) is 11.5 Å². The average Bonchev–Trinajstić information content (AvgIpc) is 3.05. The van der Waals surface area contributed by atoms with Gasteiger partial charge in [-0.3, -0.25) is 10.1 Å². The number of hydrogen-bond donors (Lipinski definition) is 3. The maximum absolute atomic E-state index is 12.2. The fourth-order valence-electron chi connectivity index (χ4n) is 3.67. The zero-order chi connectivity index (χ0) is 18.3. The minimum absolute atomic E-state index is 0.0773. The minimum Gasteiger partial charge on any atom is -0.504 e. The number of phenolic OH excluding ortho intramolecular Hbond substituents is 1. The summed E-state index contributed by atoms with van der Waals surface area (Å²) in [7, 11) is 2.91. The molecule has 26 heavy (non-hydrogen) atoms. The van der Waals surface area contributed by atoms with Crippen molar-refractivity contribution >= 4 is 16.9 Å². The maximum atomic E-state index is 12.2. The van der Waals surface area contributed by atoms with Crippen molar-refractivity contribution in [2.75, 3.05) is 14.2 Å². The number of esters is 1. The third-order valence-corrected chi connectivity index (χ3v) is 4.93. The number of aromatic amines is 1. The third-order valence-electron chi connectivity index (χ3n) is 4.93. The van der Waals surface area contributed by atoms with Gasteiger partial charge < -0.3 is 19.6 Å². The molecule has 0 saturated heterocycles. The molecule has 3 N–H and O–H groups in total. The van der Waals surface area contributed by atoms with Crippen molar-refractivity contribution in [2.24, 2.45) is 0 Å². The molecule has 1 aliphatic rings. The molecule has 6 nitrogen and oxygen atoms in total. The average molecular weight is 352 g/mol. The molecule has 1 aliphatic heterocycles. The Morgan fingerprint density at radius 2 is 2.00 bits per heavy atom. The number of ether oxygens (including phenoxy) is 2. The molecule has 2 aromatic carbocycles. The number of fused-ring (bicyclic) bond motifs is 3. The number of methoxy groups -OCH3 is 2. The first-order chi connectivity index (χ1) is 12.6. The van der Waals surface area contributed by atoms with Crippen molar-refractivity contribution in [3.63, 3.8) is 0 Å². The van der Waals surface area contributed by atoms with E-state index < -0.39 is 6.04 Å². The zero-order valence-corrected chi connectivity index (χ0v) is 14.6. The summed E-state index contributed by atoms with van der Waals surface area (Å²) in [5, 5.41) is 14.4. The number of carbonyl (C=O) groups is 1. The largest absolute Gasteiger partial charge is 0.504 e. The topological polar surface area (TPSA) is 83.6 Å². The first-order valence-electron chi connectivity index (χ1n) is 8.42. The molecule has 0 amide bonds. The highest BCUT2D eigenvalue weighted by Crippen LogP contribution is 2.37. The summed E-state index contributed by atoms with van der Waals surface area (Å²) in [4.78, 5) is 15.7. The van der Waals surface area contributed by atoms with Gasteiger partial charge in [-0.05, 0) is 29.3 Å². The van der Waals surface area contributed by atoms with E-state index in [9.17, 15) is 9.90 Å². The van der Waals surface area contributed by atoms with Gasteiger partial charge in [0.25, 0.3) is 0 Å². The van der Waals surface area contributed by atoms with E-state index in [1.165, 1.54) is 14.2 Å². The molecule has 0 radical (unpaired) electrons. The van der Waals surface area contributed by atoms with Gasteiger partial charge in [0, 0.05) is 23.0 Å². The lowest BCUT2D eigenvalue weighted by Gasteiger charge is -2.30. The molecular weight excluding hydrogens is 332 g/mol. The van der Waals surface area contributed by atoms with Gasteiger partial charge in [0.2, 0.25) is 0 Å². The lowest BCUT2D eigenvalue weighted by Crippen LogP contribution is -2.45. The summed E-state index contributed by atoms with van der Waals surface area (Å²) in [5.41, 5.74) is 4.03. The van der Waals surface area contributed by atoms with Crippen molar-refractivity contribution in [1.29, 1.82) is 0 Å². The number of carbonyl (C=O) groups excluding carboxylic acids is 1. The second kappa shape index (κ2) is 6.38. The van der Waals surface area contributed by atoms with Gasteiger partial charge in [-0.15, -0.1) is 0 Å². The fraction of sp³-hybridized carbons (Fsp3) is 0.250. The van der Waals surface area contributed by atoms with Crippen LogP contribution in [0.3, 0.4) is 0 Å². The molecule has 1 aromatic heterocycles. The zero-order valence-electron chi connectivity index (χ0n) is 14.6. The summed E-state index contributed by atoms with van der Waals surface area (Å²) in [6.07, 6.45) is 0.553. The van der Waals surface area contributed by atoms with Crippen LogP contribution in [0.15, 0.2) is 42.5 Å². The van der Waals surface area contributed by atoms with Crippen LogP contribution in [0.2, 0.25) is 0 Å². The van der Waals surface area contributed by atoms with Gasteiger partial charge in [-0.1, -0.05) is 24.3 Å². The smallest absolute Gasteiger partial charge is 0.323 e. The molecule has 0 fully saturated rings. The van der Waals surface area contributed by atoms with Crippen LogP contribution in [-0.2, 0) is 16.0 Å². The number of rotatable bonds is 3. The predicted octanol–water partition coefficient (Wildman–Crippen LogP) is 2.66. The highest BCUT2D eigenvalue weighted by Gasteiger charge is 2.34. The molecule has 0 spiro atoms. The van der Waals surface area contributed by atoms with Crippen molar-refractivity contribution < 1.29 is 19.4 Å². The molecule has 0 aliphatic carbocycles. The number of benzene rings is 2. The minimum atomic E-state index is -0.448. The standard InChI is InChI=1S/C20H20N2O4/c1-25-17-9-11(7-8-16(17)23)18-19-13(10-15(22-18)20(24)26-2)12-5-3-4-6-14(12)21-19/h3-9,15,18,21-23H,10H2,1-2H3/t15-,18-/m0/s1. The molecule has 4 rings (SSSR count). The Hall–Kier alpha value is -2.99. The van der Waals surface area contributed by atoms with E-state index in [1.54, 1.807) is 12.1 Å². The highest BCUT2D eigenvalue weighted by atomic mass is 16.5. The van der Waals surface area contributed by atoms with Crippen LogP contribution in [0.1, 0.15) is 22.9 Å². The number of para-hydroxylation sites is 1. The summed E-state index contributed by atoms with van der Waals surface area (Å²) in [5.74, 6) is 0.173. The van der Waals surface area contributed by atoms with Crippen LogP contribution >= 0.6 is 0 Å². The quantitative estimate of drug-likeness (QED) is 0.631.